The van der Waals surface area contributed by atoms with Crippen LogP contribution in [-0.4, -0.2) is 17.7 Å². The van der Waals surface area contributed by atoms with Gasteiger partial charge < -0.3 is 4.74 Å². The monoisotopic (exact) mass is 427 g/mol. The van der Waals surface area contributed by atoms with Crippen LogP contribution in [0.25, 0.3) is 28.0 Å². The summed E-state index contributed by atoms with van der Waals surface area (Å²) < 4.78 is 5.87. The summed E-state index contributed by atoms with van der Waals surface area (Å²) >= 11 is 0. The van der Waals surface area contributed by atoms with E-state index >= 15 is 0 Å². The molecule has 32 heavy (non-hydrogen) atoms. The van der Waals surface area contributed by atoms with Crippen molar-refractivity contribution in [2.45, 2.75) is 64.9 Å². The number of unbranched alkanes of at least 4 members (excludes halogenated alkanes) is 3. The number of benzene rings is 2. The first-order chi connectivity index (χ1) is 15.7. The molecule has 1 unspecified atom stereocenters. The van der Waals surface area contributed by atoms with Crippen molar-refractivity contribution in [1.82, 2.24) is 4.98 Å². The second kappa shape index (κ2) is 13.0. The van der Waals surface area contributed by atoms with E-state index in [9.17, 15) is 0 Å². The third kappa shape index (κ3) is 7.46. The smallest absolute Gasteiger partial charge is 0.0626 e. The first kappa shape index (κ1) is 23.9. The fourth-order valence-electron chi connectivity index (χ4n) is 3.89. The molecule has 1 heterocycles. The molecule has 0 spiro atoms. The van der Waals surface area contributed by atoms with Gasteiger partial charge in [0.05, 0.1) is 11.8 Å². The minimum absolute atomic E-state index is 0.355. The predicted octanol–water partition coefficient (Wildman–Crippen LogP) is 8.41. The van der Waals surface area contributed by atoms with Crippen molar-refractivity contribution in [3.8, 4) is 11.1 Å². The van der Waals surface area contributed by atoms with Crippen molar-refractivity contribution in [1.29, 1.82) is 0 Å². The predicted molar refractivity (Wildman–Crippen MR) is 139 cm³/mol. The van der Waals surface area contributed by atoms with Gasteiger partial charge in [-0.1, -0.05) is 68.3 Å². The van der Waals surface area contributed by atoms with Crippen LogP contribution in [0.3, 0.4) is 0 Å². The molecule has 0 aliphatic rings. The first-order valence-corrected chi connectivity index (χ1v) is 12.1. The van der Waals surface area contributed by atoms with E-state index in [1.54, 1.807) is 0 Å². The van der Waals surface area contributed by atoms with Gasteiger partial charge in [0.2, 0.25) is 0 Å². The molecule has 0 bridgehead atoms. The van der Waals surface area contributed by atoms with E-state index in [2.05, 4.69) is 86.1 Å². The summed E-state index contributed by atoms with van der Waals surface area (Å²) in [6.07, 6.45) is 16.5. The quantitative estimate of drug-likeness (QED) is 0.202. The van der Waals surface area contributed by atoms with Gasteiger partial charge in [0.25, 0.3) is 0 Å². The Bertz CT molecular complexity index is 1000. The molecule has 2 heteroatoms. The second-order valence-corrected chi connectivity index (χ2v) is 8.58. The largest absolute Gasteiger partial charge is 0.379 e. The summed E-state index contributed by atoms with van der Waals surface area (Å²) in [5.74, 6) is 0. The highest BCUT2D eigenvalue weighted by Gasteiger charge is 2.03. The van der Waals surface area contributed by atoms with Gasteiger partial charge >= 0.3 is 0 Å². The van der Waals surface area contributed by atoms with E-state index in [0.29, 0.717) is 6.10 Å². The molecule has 0 saturated carbocycles. The maximum atomic E-state index is 5.87. The van der Waals surface area contributed by atoms with Gasteiger partial charge in [0.15, 0.2) is 0 Å². The van der Waals surface area contributed by atoms with Crippen molar-refractivity contribution < 1.29 is 4.74 Å². The van der Waals surface area contributed by atoms with E-state index in [4.69, 9.17) is 4.74 Å². The Morgan fingerprint density at radius 1 is 0.969 bits per heavy atom. The minimum atomic E-state index is 0.355. The summed E-state index contributed by atoms with van der Waals surface area (Å²) in [5, 5.41) is 2.52. The Kier molecular flexibility index (Phi) is 9.71. The van der Waals surface area contributed by atoms with Crippen molar-refractivity contribution in [3.63, 3.8) is 0 Å². The lowest BCUT2D eigenvalue weighted by atomic mass is 10.00. The van der Waals surface area contributed by atoms with Gasteiger partial charge in [0.1, 0.15) is 0 Å². The molecular formula is C30H37NO. The van der Waals surface area contributed by atoms with Gasteiger partial charge in [-0.15, -0.1) is 6.58 Å². The third-order valence-corrected chi connectivity index (χ3v) is 5.82. The summed E-state index contributed by atoms with van der Waals surface area (Å²) in [6, 6.07) is 17.5. The minimum Gasteiger partial charge on any atom is -0.379 e. The lowest BCUT2D eigenvalue weighted by Gasteiger charge is -2.11. The van der Waals surface area contributed by atoms with Crippen LogP contribution in [0.4, 0.5) is 0 Å². The molecule has 0 radical (unpaired) electrons. The molecule has 3 rings (SSSR count). The van der Waals surface area contributed by atoms with Crippen LogP contribution in [-0.2, 0) is 11.2 Å². The maximum Gasteiger partial charge on any atom is 0.0626 e. The van der Waals surface area contributed by atoms with E-state index in [1.165, 1.54) is 41.2 Å². The molecular weight excluding hydrogens is 390 g/mol. The van der Waals surface area contributed by atoms with Crippen molar-refractivity contribution in [2.24, 2.45) is 0 Å². The fourth-order valence-corrected chi connectivity index (χ4v) is 3.89. The molecule has 3 aromatic rings. The Balaban J connectivity index is 1.49. The highest BCUT2D eigenvalue weighted by molar-refractivity contribution is 5.87. The average Bonchev–Trinajstić information content (AvgIpc) is 2.82. The zero-order valence-electron chi connectivity index (χ0n) is 19.7. The molecule has 2 aromatic carbocycles. The summed E-state index contributed by atoms with van der Waals surface area (Å²) in [6.45, 7) is 9.13. The van der Waals surface area contributed by atoms with Gasteiger partial charge in [-0.05, 0) is 79.1 Å². The maximum absolute atomic E-state index is 5.87. The van der Waals surface area contributed by atoms with Crippen LogP contribution in [0.15, 0.2) is 73.5 Å². The Hall–Kier alpha value is -2.71. The van der Waals surface area contributed by atoms with Crippen LogP contribution in [0, 0.1) is 0 Å². The van der Waals surface area contributed by atoms with Crippen LogP contribution < -0.4 is 0 Å². The molecule has 1 atom stereocenters. The molecule has 0 fully saturated rings. The Labute approximate surface area is 194 Å². The number of nitrogens with zero attached hydrogens (tertiary/aromatic N) is 1. The standard InChI is InChI=1S/C30H37NO/c1-4-6-10-20-32-24(3)12-8-7-9-13-30-19-18-29(23-31-30)28-17-16-26-21-25(11-5-2)14-15-27(26)22-28/h5,9,13-19,21-24H,2,4,6-8,10-12,20H2,1,3H3. The van der Waals surface area contributed by atoms with Crippen molar-refractivity contribution in [2.75, 3.05) is 6.61 Å². The molecule has 1 aromatic heterocycles. The molecule has 2 nitrogen and oxygen atoms in total. The van der Waals surface area contributed by atoms with E-state index < -0.39 is 0 Å². The number of aromatic nitrogens is 1. The summed E-state index contributed by atoms with van der Waals surface area (Å²) in [4.78, 5) is 4.64. The lowest BCUT2D eigenvalue weighted by Crippen LogP contribution is -2.08. The molecule has 0 saturated heterocycles. The number of pyridine rings is 1. The normalized spacial score (nSPS) is 12.4. The average molecular weight is 428 g/mol. The highest BCUT2D eigenvalue weighted by Crippen LogP contribution is 2.25. The van der Waals surface area contributed by atoms with Crippen LogP contribution >= 0.6 is 0 Å². The van der Waals surface area contributed by atoms with Crippen molar-refractivity contribution in [3.05, 3.63) is 84.7 Å². The molecule has 168 valence electrons. The van der Waals surface area contributed by atoms with Crippen LogP contribution in [0.1, 0.15) is 63.6 Å². The molecule has 0 aliphatic carbocycles. The number of hydrogen-bond acceptors (Lipinski definition) is 2. The zero-order valence-corrected chi connectivity index (χ0v) is 19.7. The third-order valence-electron chi connectivity index (χ3n) is 5.82. The van der Waals surface area contributed by atoms with E-state index in [0.717, 1.165) is 43.5 Å². The number of hydrogen-bond donors (Lipinski definition) is 0. The highest BCUT2D eigenvalue weighted by atomic mass is 16.5. The lowest BCUT2D eigenvalue weighted by molar-refractivity contribution is 0.0566. The van der Waals surface area contributed by atoms with Crippen LogP contribution in [0.2, 0.25) is 0 Å². The zero-order chi connectivity index (χ0) is 22.6. The van der Waals surface area contributed by atoms with E-state index in [1.807, 2.05) is 12.3 Å². The number of allylic oxidation sites excluding steroid dienone is 2. The molecule has 0 aliphatic heterocycles. The van der Waals surface area contributed by atoms with E-state index in [-0.39, 0.29) is 0 Å². The molecule has 0 N–H and O–H groups in total. The fraction of sp³-hybridized carbons (Fsp3) is 0.367. The Morgan fingerprint density at radius 2 is 1.78 bits per heavy atom. The summed E-state index contributed by atoms with van der Waals surface area (Å²) in [7, 11) is 0. The van der Waals surface area contributed by atoms with Crippen LogP contribution in [0.5, 0.6) is 0 Å². The van der Waals surface area contributed by atoms with Gasteiger partial charge in [0, 0.05) is 18.4 Å². The van der Waals surface area contributed by atoms with Gasteiger partial charge in [-0.2, -0.15) is 0 Å². The second-order valence-electron chi connectivity index (χ2n) is 8.58. The van der Waals surface area contributed by atoms with Gasteiger partial charge in [-0.25, -0.2) is 0 Å². The number of fused-ring (bicyclic) bond motifs is 1. The summed E-state index contributed by atoms with van der Waals surface area (Å²) in [5.41, 5.74) is 4.65. The van der Waals surface area contributed by atoms with Gasteiger partial charge in [-0.3, -0.25) is 4.98 Å². The van der Waals surface area contributed by atoms with Crippen molar-refractivity contribution >= 4 is 16.8 Å². The number of ether oxygens (including phenoxy) is 1. The SMILES string of the molecule is C=CCc1ccc2cc(-c3ccc(C=CCCCC(C)OCCCCC)nc3)ccc2c1. The first-order valence-electron chi connectivity index (χ1n) is 12.1. The Morgan fingerprint density at radius 3 is 2.56 bits per heavy atom. The topological polar surface area (TPSA) is 22.1 Å². The molecule has 0 amide bonds. The number of rotatable bonds is 13.